The molecule has 0 heterocycles. The number of carbonyl (C=O) groups is 1. The minimum atomic E-state index is -0.584. The Balaban J connectivity index is 1.99. The van der Waals surface area contributed by atoms with Crippen LogP contribution in [0.3, 0.4) is 0 Å². The zero-order valence-electron chi connectivity index (χ0n) is 12.1. The molecule has 2 aromatic carbocycles. The van der Waals surface area contributed by atoms with Crippen molar-refractivity contribution in [3.63, 3.8) is 0 Å². The lowest BCUT2D eigenvalue weighted by Gasteiger charge is -2.09. The first-order chi connectivity index (χ1) is 10.9. The Hall–Kier alpha value is -2.31. The standard InChI is InChI=1S/C15H13Cl2N3O3/c1-9-2-5-13(12(17)6-9)19-15(21)8-18-10-3-4-11(16)14(7-10)20(22)23/h2-7,18H,8H2,1H3,(H,19,21). The van der Waals surface area contributed by atoms with Crippen LogP contribution in [0.2, 0.25) is 10.0 Å². The number of rotatable bonds is 5. The van der Waals surface area contributed by atoms with E-state index in [1.54, 1.807) is 18.2 Å². The zero-order chi connectivity index (χ0) is 17.0. The maximum Gasteiger partial charge on any atom is 0.289 e. The van der Waals surface area contributed by atoms with Crippen molar-refractivity contribution in [2.75, 3.05) is 17.2 Å². The summed E-state index contributed by atoms with van der Waals surface area (Å²) in [7, 11) is 0. The van der Waals surface area contributed by atoms with Gasteiger partial charge < -0.3 is 10.6 Å². The summed E-state index contributed by atoms with van der Waals surface area (Å²) in [4.78, 5) is 22.2. The van der Waals surface area contributed by atoms with Crippen molar-refractivity contribution >= 4 is 46.2 Å². The SMILES string of the molecule is Cc1ccc(NC(=O)CNc2ccc(Cl)c([N+](=O)[O-])c2)c(Cl)c1. The number of hydrogen-bond donors (Lipinski definition) is 2. The molecule has 0 unspecified atom stereocenters. The minimum absolute atomic E-state index is 0.0384. The van der Waals surface area contributed by atoms with Gasteiger partial charge in [0.1, 0.15) is 5.02 Å². The van der Waals surface area contributed by atoms with Gasteiger partial charge in [0.15, 0.2) is 0 Å². The van der Waals surface area contributed by atoms with E-state index in [0.29, 0.717) is 16.4 Å². The van der Waals surface area contributed by atoms with Gasteiger partial charge in [-0.3, -0.25) is 14.9 Å². The van der Waals surface area contributed by atoms with Gasteiger partial charge in [-0.15, -0.1) is 0 Å². The average Bonchev–Trinajstić information content (AvgIpc) is 2.49. The van der Waals surface area contributed by atoms with Crippen molar-refractivity contribution in [2.45, 2.75) is 6.92 Å². The van der Waals surface area contributed by atoms with E-state index in [1.807, 2.05) is 13.0 Å². The first-order valence-electron chi connectivity index (χ1n) is 6.60. The van der Waals surface area contributed by atoms with E-state index in [0.717, 1.165) is 5.56 Å². The maximum atomic E-state index is 11.9. The van der Waals surface area contributed by atoms with Gasteiger partial charge in [0.05, 0.1) is 22.2 Å². The highest BCUT2D eigenvalue weighted by Crippen LogP contribution is 2.27. The number of nitrogens with zero attached hydrogens (tertiary/aromatic N) is 1. The summed E-state index contributed by atoms with van der Waals surface area (Å²) in [6.45, 7) is 1.83. The molecule has 0 saturated carbocycles. The normalized spacial score (nSPS) is 10.2. The van der Waals surface area contributed by atoms with Crippen LogP contribution < -0.4 is 10.6 Å². The fourth-order valence-corrected chi connectivity index (χ4v) is 2.33. The molecule has 0 radical (unpaired) electrons. The van der Waals surface area contributed by atoms with Crippen molar-refractivity contribution in [3.05, 3.63) is 62.1 Å². The van der Waals surface area contributed by atoms with Crippen LogP contribution in [0.25, 0.3) is 0 Å². The lowest BCUT2D eigenvalue weighted by Crippen LogP contribution is -2.21. The number of nitro groups is 1. The molecule has 2 rings (SSSR count). The van der Waals surface area contributed by atoms with Gasteiger partial charge in [-0.2, -0.15) is 0 Å². The molecule has 2 aromatic rings. The lowest BCUT2D eigenvalue weighted by molar-refractivity contribution is -0.384. The van der Waals surface area contributed by atoms with E-state index in [9.17, 15) is 14.9 Å². The van der Waals surface area contributed by atoms with Gasteiger partial charge in [0.2, 0.25) is 5.91 Å². The smallest absolute Gasteiger partial charge is 0.289 e. The van der Waals surface area contributed by atoms with Crippen LogP contribution in [0, 0.1) is 17.0 Å². The molecule has 6 nitrogen and oxygen atoms in total. The zero-order valence-corrected chi connectivity index (χ0v) is 13.6. The van der Waals surface area contributed by atoms with Gasteiger partial charge >= 0.3 is 0 Å². The molecule has 1 amide bonds. The van der Waals surface area contributed by atoms with E-state index >= 15 is 0 Å². The monoisotopic (exact) mass is 353 g/mol. The maximum absolute atomic E-state index is 11.9. The first kappa shape index (κ1) is 17.1. The fraction of sp³-hybridized carbons (Fsp3) is 0.133. The molecule has 0 aliphatic rings. The Labute approximate surface area is 142 Å². The number of hydrogen-bond acceptors (Lipinski definition) is 4. The predicted octanol–water partition coefficient (Wildman–Crippen LogP) is 4.26. The quantitative estimate of drug-likeness (QED) is 0.621. The number of nitro benzene ring substituents is 1. The fourth-order valence-electron chi connectivity index (χ4n) is 1.86. The van der Waals surface area contributed by atoms with E-state index in [4.69, 9.17) is 23.2 Å². The minimum Gasteiger partial charge on any atom is -0.376 e. The van der Waals surface area contributed by atoms with Crippen LogP contribution in [0.5, 0.6) is 0 Å². The molecule has 0 atom stereocenters. The van der Waals surface area contributed by atoms with Gasteiger partial charge in [-0.05, 0) is 36.8 Å². The highest BCUT2D eigenvalue weighted by Gasteiger charge is 2.13. The molecule has 0 bridgehead atoms. The molecule has 0 spiro atoms. The molecule has 0 saturated heterocycles. The number of amides is 1. The van der Waals surface area contributed by atoms with Gasteiger partial charge in [0.25, 0.3) is 5.69 Å². The third kappa shape index (κ3) is 4.58. The molecule has 23 heavy (non-hydrogen) atoms. The van der Waals surface area contributed by atoms with Crippen LogP contribution in [0.15, 0.2) is 36.4 Å². The molecule has 0 aliphatic heterocycles. The van der Waals surface area contributed by atoms with Crippen LogP contribution in [-0.2, 0) is 4.79 Å². The summed E-state index contributed by atoms with van der Waals surface area (Å²) in [6.07, 6.45) is 0. The van der Waals surface area contributed by atoms with Crippen molar-refractivity contribution in [1.29, 1.82) is 0 Å². The third-order valence-corrected chi connectivity index (χ3v) is 3.63. The summed E-state index contributed by atoms with van der Waals surface area (Å²) >= 11 is 11.8. The number of nitrogens with one attached hydrogen (secondary N) is 2. The van der Waals surface area contributed by atoms with E-state index < -0.39 is 4.92 Å². The van der Waals surface area contributed by atoms with Crippen molar-refractivity contribution in [2.24, 2.45) is 0 Å². The molecule has 0 aromatic heterocycles. The van der Waals surface area contributed by atoms with Crippen molar-refractivity contribution in [1.82, 2.24) is 0 Å². The van der Waals surface area contributed by atoms with Crippen molar-refractivity contribution in [3.8, 4) is 0 Å². The predicted molar refractivity (Wildman–Crippen MR) is 91.4 cm³/mol. The Morgan fingerprint density at radius 2 is 1.91 bits per heavy atom. The second kappa shape index (κ2) is 7.30. The van der Waals surface area contributed by atoms with Crippen LogP contribution in [-0.4, -0.2) is 17.4 Å². The third-order valence-electron chi connectivity index (χ3n) is 2.99. The largest absolute Gasteiger partial charge is 0.376 e. The van der Waals surface area contributed by atoms with Crippen LogP contribution in [0.1, 0.15) is 5.56 Å². The van der Waals surface area contributed by atoms with E-state index in [2.05, 4.69) is 10.6 Å². The number of halogens is 2. The van der Waals surface area contributed by atoms with Gasteiger partial charge in [0, 0.05) is 11.8 Å². The Morgan fingerprint density at radius 3 is 2.57 bits per heavy atom. The second-order valence-corrected chi connectivity index (χ2v) is 5.62. The van der Waals surface area contributed by atoms with Crippen LogP contribution >= 0.6 is 23.2 Å². The average molecular weight is 354 g/mol. The van der Waals surface area contributed by atoms with Crippen LogP contribution in [0.4, 0.5) is 17.1 Å². The van der Waals surface area contributed by atoms with E-state index in [1.165, 1.54) is 12.1 Å². The Morgan fingerprint density at radius 1 is 1.17 bits per heavy atom. The number of carbonyl (C=O) groups excluding carboxylic acids is 1. The summed E-state index contributed by atoms with van der Waals surface area (Å²) in [5, 5.41) is 16.8. The second-order valence-electron chi connectivity index (χ2n) is 4.81. The molecular weight excluding hydrogens is 341 g/mol. The molecule has 2 N–H and O–H groups in total. The lowest BCUT2D eigenvalue weighted by atomic mass is 10.2. The molecular formula is C15H13Cl2N3O3. The molecule has 120 valence electrons. The molecule has 8 heteroatoms. The van der Waals surface area contributed by atoms with E-state index in [-0.39, 0.29) is 23.2 Å². The highest BCUT2D eigenvalue weighted by molar-refractivity contribution is 6.34. The van der Waals surface area contributed by atoms with Crippen molar-refractivity contribution < 1.29 is 9.72 Å². The summed E-state index contributed by atoms with van der Waals surface area (Å²) < 4.78 is 0. The Kier molecular flexibility index (Phi) is 5.41. The highest BCUT2D eigenvalue weighted by atomic mass is 35.5. The molecule has 0 aliphatic carbocycles. The topological polar surface area (TPSA) is 84.3 Å². The summed E-state index contributed by atoms with van der Waals surface area (Å²) in [5.74, 6) is -0.326. The summed E-state index contributed by atoms with van der Waals surface area (Å²) in [6, 6.07) is 9.51. The van der Waals surface area contributed by atoms with Gasteiger partial charge in [-0.1, -0.05) is 29.3 Å². The summed E-state index contributed by atoms with van der Waals surface area (Å²) in [5.41, 5.74) is 1.69. The Bertz CT molecular complexity index is 766. The number of anilines is 2. The molecule has 0 fully saturated rings. The number of benzene rings is 2. The number of aryl methyl sites for hydroxylation is 1. The van der Waals surface area contributed by atoms with Gasteiger partial charge in [-0.25, -0.2) is 0 Å². The first-order valence-corrected chi connectivity index (χ1v) is 7.36.